The second kappa shape index (κ2) is 4.78. The van der Waals surface area contributed by atoms with Gasteiger partial charge < -0.3 is 10.6 Å². The number of carbonyl (C=O) groups is 1. The fourth-order valence-corrected chi connectivity index (χ4v) is 2.10. The van der Waals surface area contributed by atoms with Crippen LogP contribution < -0.4 is 10.6 Å². The predicted octanol–water partition coefficient (Wildman–Crippen LogP) is 1.15. The molecule has 82 valence electrons. The van der Waals surface area contributed by atoms with Crippen LogP contribution in [0.25, 0.3) is 0 Å². The molecule has 1 fully saturated rings. The number of nitrogens with one attached hydrogen (secondary N) is 2. The largest absolute Gasteiger partial charge is 0.356 e. The van der Waals surface area contributed by atoms with Crippen molar-refractivity contribution >= 4 is 5.91 Å². The Morgan fingerprint density at radius 1 is 1.43 bits per heavy atom. The van der Waals surface area contributed by atoms with Crippen molar-refractivity contribution in [3.63, 3.8) is 0 Å². The van der Waals surface area contributed by atoms with Crippen molar-refractivity contribution in [2.45, 2.75) is 33.6 Å². The van der Waals surface area contributed by atoms with Crippen molar-refractivity contribution in [1.29, 1.82) is 0 Å². The maximum atomic E-state index is 10.8. The van der Waals surface area contributed by atoms with E-state index in [4.69, 9.17) is 0 Å². The number of hydrogen-bond acceptors (Lipinski definition) is 2. The van der Waals surface area contributed by atoms with Crippen molar-refractivity contribution in [3.8, 4) is 0 Å². The molecule has 0 aromatic rings. The minimum Gasteiger partial charge on any atom is -0.356 e. The third-order valence-electron chi connectivity index (χ3n) is 3.24. The van der Waals surface area contributed by atoms with Crippen LogP contribution in [0.4, 0.5) is 0 Å². The average molecular weight is 198 g/mol. The molecule has 1 amide bonds. The second-order valence-corrected chi connectivity index (χ2v) is 4.92. The lowest BCUT2D eigenvalue weighted by Gasteiger charge is -2.37. The lowest BCUT2D eigenvalue weighted by Crippen LogP contribution is -2.42. The minimum atomic E-state index is 0.0759. The van der Waals surface area contributed by atoms with Crippen molar-refractivity contribution < 1.29 is 4.79 Å². The van der Waals surface area contributed by atoms with Crippen molar-refractivity contribution in [1.82, 2.24) is 10.6 Å². The molecule has 2 N–H and O–H groups in total. The van der Waals surface area contributed by atoms with Gasteiger partial charge >= 0.3 is 0 Å². The molecule has 0 aliphatic carbocycles. The van der Waals surface area contributed by atoms with Gasteiger partial charge in [-0.15, -0.1) is 0 Å². The van der Waals surface area contributed by atoms with Crippen molar-refractivity contribution in [2.24, 2.45) is 11.3 Å². The minimum absolute atomic E-state index is 0.0759. The summed E-state index contributed by atoms with van der Waals surface area (Å²) in [6.07, 6.45) is 2.46. The van der Waals surface area contributed by atoms with Gasteiger partial charge in [0.2, 0.25) is 5.91 Å². The highest BCUT2D eigenvalue weighted by molar-refractivity contribution is 5.72. The van der Waals surface area contributed by atoms with E-state index in [0.717, 1.165) is 25.6 Å². The molecule has 0 aromatic heterocycles. The molecule has 14 heavy (non-hydrogen) atoms. The summed E-state index contributed by atoms with van der Waals surface area (Å²) in [6.45, 7) is 9.12. The maximum absolute atomic E-state index is 10.8. The van der Waals surface area contributed by atoms with Crippen molar-refractivity contribution in [2.75, 3.05) is 19.6 Å². The lowest BCUT2D eigenvalue weighted by atomic mass is 9.74. The molecule has 0 radical (unpaired) electrons. The average Bonchev–Trinajstić information content (AvgIpc) is 2.16. The Morgan fingerprint density at radius 3 is 2.50 bits per heavy atom. The number of rotatable bonds is 3. The molecule has 0 spiro atoms. The molecular weight excluding hydrogens is 176 g/mol. The summed E-state index contributed by atoms with van der Waals surface area (Å²) < 4.78 is 0. The van der Waals surface area contributed by atoms with Crippen LogP contribution in [0.15, 0.2) is 0 Å². The molecule has 0 unspecified atom stereocenters. The van der Waals surface area contributed by atoms with Gasteiger partial charge in [0, 0.05) is 13.5 Å². The topological polar surface area (TPSA) is 41.1 Å². The van der Waals surface area contributed by atoms with Gasteiger partial charge in [-0.3, -0.25) is 4.79 Å². The zero-order valence-electron chi connectivity index (χ0n) is 9.52. The quantitative estimate of drug-likeness (QED) is 0.714. The van der Waals surface area contributed by atoms with E-state index in [1.807, 2.05) is 0 Å². The Balaban J connectivity index is 2.41. The van der Waals surface area contributed by atoms with Crippen LogP contribution in [0.2, 0.25) is 0 Å². The first-order valence-electron chi connectivity index (χ1n) is 5.47. The van der Waals surface area contributed by atoms with E-state index in [9.17, 15) is 4.79 Å². The van der Waals surface area contributed by atoms with E-state index in [0.29, 0.717) is 0 Å². The molecule has 3 heteroatoms. The molecule has 1 aliphatic rings. The summed E-state index contributed by atoms with van der Waals surface area (Å²) in [5.74, 6) is 0.808. The fraction of sp³-hybridized carbons (Fsp3) is 0.909. The molecular formula is C11H22N2O. The Bertz CT molecular complexity index is 195. The van der Waals surface area contributed by atoms with Crippen LogP contribution in [0.1, 0.15) is 33.6 Å². The van der Waals surface area contributed by atoms with Crippen LogP contribution in [0.5, 0.6) is 0 Å². The van der Waals surface area contributed by atoms with Gasteiger partial charge in [0.05, 0.1) is 0 Å². The van der Waals surface area contributed by atoms with E-state index < -0.39 is 0 Å². The van der Waals surface area contributed by atoms with Crippen LogP contribution in [-0.4, -0.2) is 25.5 Å². The smallest absolute Gasteiger partial charge is 0.216 e. The highest BCUT2D eigenvalue weighted by Crippen LogP contribution is 2.32. The molecule has 0 aromatic carbocycles. The summed E-state index contributed by atoms with van der Waals surface area (Å²) in [5.41, 5.74) is 0.230. The van der Waals surface area contributed by atoms with Gasteiger partial charge in [-0.2, -0.15) is 0 Å². The number of piperidine rings is 1. The molecule has 1 aliphatic heterocycles. The van der Waals surface area contributed by atoms with Gasteiger partial charge in [-0.1, -0.05) is 13.8 Å². The summed E-state index contributed by atoms with van der Waals surface area (Å²) in [6, 6.07) is 0. The summed E-state index contributed by atoms with van der Waals surface area (Å²) in [7, 11) is 0. The van der Waals surface area contributed by atoms with Gasteiger partial charge in [-0.05, 0) is 37.3 Å². The van der Waals surface area contributed by atoms with E-state index >= 15 is 0 Å². The monoisotopic (exact) mass is 198 g/mol. The van der Waals surface area contributed by atoms with E-state index in [1.54, 1.807) is 6.92 Å². The molecule has 0 saturated carbocycles. The Morgan fingerprint density at radius 2 is 2.00 bits per heavy atom. The van der Waals surface area contributed by atoms with Crippen LogP contribution >= 0.6 is 0 Å². The van der Waals surface area contributed by atoms with Gasteiger partial charge in [0.15, 0.2) is 0 Å². The third-order valence-corrected chi connectivity index (χ3v) is 3.24. The SMILES string of the molecule is CC(=O)NCC(C)(C)C1CCNCC1. The zero-order chi connectivity index (χ0) is 10.6. The van der Waals surface area contributed by atoms with Crippen LogP contribution in [0, 0.1) is 11.3 Å². The first-order valence-corrected chi connectivity index (χ1v) is 5.47. The summed E-state index contributed by atoms with van der Waals surface area (Å²) in [5, 5.41) is 6.29. The first-order chi connectivity index (χ1) is 6.52. The lowest BCUT2D eigenvalue weighted by molar-refractivity contribution is -0.119. The Labute approximate surface area is 86.6 Å². The third kappa shape index (κ3) is 3.29. The van der Waals surface area contributed by atoms with Gasteiger partial charge in [0.25, 0.3) is 0 Å². The summed E-state index contributed by atoms with van der Waals surface area (Å²) >= 11 is 0. The highest BCUT2D eigenvalue weighted by Gasteiger charge is 2.30. The fourth-order valence-electron chi connectivity index (χ4n) is 2.10. The normalized spacial score (nSPS) is 19.4. The molecule has 1 rings (SSSR count). The zero-order valence-corrected chi connectivity index (χ0v) is 9.52. The summed E-state index contributed by atoms with van der Waals surface area (Å²) in [4.78, 5) is 10.8. The van der Waals surface area contributed by atoms with Crippen LogP contribution in [0.3, 0.4) is 0 Å². The van der Waals surface area contributed by atoms with Gasteiger partial charge in [0.1, 0.15) is 0 Å². The van der Waals surface area contributed by atoms with E-state index in [2.05, 4.69) is 24.5 Å². The first kappa shape index (κ1) is 11.5. The maximum Gasteiger partial charge on any atom is 0.216 e. The molecule has 0 atom stereocenters. The Hall–Kier alpha value is -0.570. The molecule has 0 bridgehead atoms. The second-order valence-electron chi connectivity index (χ2n) is 4.92. The van der Waals surface area contributed by atoms with Crippen molar-refractivity contribution in [3.05, 3.63) is 0 Å². The number of amides is 1. The highest BCUT2D eigenvalue weighted by atomic mass is 16.1. The van der Waals surface area contributed by atoms with E-state index in [-0.39, 0.29) is 11.3 Å². The van der Waals surface area contributed by atoms with E-state index in [1.165, 1.54) is 12.8 Å². The standard InChI is InChI=1S/C11H22N2O/c1-9(14)13-8-11(2,3)10-4-6-12-7-5-10/h10,12H,4-8H2,1-3H3,(H,13,14). The van der Waals surface area contributed by atoms with Gasteiger partial charge in [-0.25, -0.2) is 0 Å². The molecule has 3 nitrogen and oxygen atoms in total. The Kier molecular flexibility index (Phi) is 3.93. The molecule has 1 saturated heterocycles. The number of hydrogen-bond donors (Lipinski definition) is 2. The predicted molar refractivity (Wildman–Crippen MR) is 58.1 cm³/mol. The van der Waals surface area contributed by atoms with Crippen LogP contribution in [-0.2, 0) is 4.79 Å². The number of carbonyl (C=O) groups excluding carboxylic acids is 1. The molecule has 1 heterocycles.